The predicted octanol–water partition coefficient (Wildman–Crippen LogP) is 2.26. The van der Waals surface area contributed by atoms with Crippen molar-refractivity contribution in [3.63, 3.8) is 0 Å². The molecular weight excluding hydrogens is 256 g/mol. The first-order valence-corrected chi connectivity index (χ1v) is 7.25. The third-order valence-corrected chi connectivity index (χ3v) is 4.91. The van der Waals surface area contributed by atoms with Gasteiger partial charge in [0.15, 0.2) is 5.13 Å². The highest BCUT2D eigenvalue weighted by Gasteiger charge is 2.28. The van der Waals surface area contributed by atoms with Crippen LogP contribution in [0.3, 0.4) is 0 Å². The molecule has 2 rings (SSSR count). The second kappa shape index (κ2) is 4.86. The Bertz CT molecular complexity index is 417. The van der Waals surface area contributed by atoms with Crippen molar-refractivity contribution < 1.29 is 9.53 Å². The van der Waals surface area contributed by atoms with Crippen LogP contribution in [0.15, 0.2) is 6.20 Å². The van der Waals surface area contributed by atoms with Crippen molar-refractivity contribution in [1.82, 2.24) is 4.98 Å². The van der Waals surface area contributed by atoms with Crippen LogP contribution >= 0.6 is 23.1 Å². The highest BCUT2D eigenvalue weighted by atomic mass is 32.2. The van der Waals surface area contributed by atoms with E-state index in [2.05, 4.69) is 28.5 Å². The Labute approximate surface area is 109 Å². The lowest BCUT2D eigenvalue weighted by molar-refractivity contribution is 0.0606. The molecule has 0 radical (unpaired) electrons. The molecule has 0 atom stereocenters. The van der Waals surface area contributed by atoms with E-state index >= 15 is 0 Å². The molecule has 1 aromatic heterocycles. The number of carbonyl (C=O) groups is 1. The third-order valence-electron chi connectivity index (χ3n) is 2.58. The lowest BCUT2D eigenvalue weighted by atomic mass is 10.2. The first-order valence-electron chi connectivity index (χ1n) is 5.45. The fourth-order valence-electron chi connectivity index (χ4n) is 1.79. The molecule has 6 heteroatoms. The number of nitrogens with zero attached hydrogens (tertiary/aromatic N) is 2. The number of thiazole rings is 1. The summed E-state index contributed by atoms with van der Waals surface area (Å²) in [7, 11) is 1.39. The largest absolute Gasteiger partial charge is 0.465 e. The molecule has 1 saturated heterocycles. The van der Waals surface area contributed by atoms with Crippen molar-refractivity contribution in [1.29, 1.82) is 0 Å². The summed E-state index contributed by atoms with van der Waals surface area (Å²) in [5.74, 6) is 0.791. The number of rotatable bonds is 2. The fraction of sp³-hybridized carbons (Fsp3) is 0.636. The van der Waals surface area contributed by atoms with Gasteiger partial charge in [0.05, 0.1) is 13.3 Å². The van der Waals surface area contributed by atoms with Crippen LogP contribution in [0, 0.1) is 0 Å². The Morgan fingerprint density at radius 1 is 1.59 bits per heavy atom. The maximum absolute atomic E-state index is 11.4. The Morgan fingerprint density at radius 2 is 2.35 bits per heavy atom. The van der Waals surface area contributed by atoms with Gasteiger partial charge in [-0.25, -0.2) is 9.78 Å². The minimum Gasteiger partial charge on any atom is -0.465 e. The van der Waals surface area contributed by atoms with Gasteiger partial charge in [-0.3, -0.25) is 0 Å². The smallest absolute Gasteiger partial charge is 0.349 e. The molecule has 1 fully saturated rings. The Morgan fingerprint density at radius 3 is 3.00 bits per heavy atom. The molecule has 0 spiro atoms. The zero-order valence-electron chi connectivity index (χ0n) is 10.2. The van der Waals surface area contributed by atoms with E-state index < -0.39 is 0 Å². The van der Waals surface area contributed by atoms with Crippen molar-refractivity contribution >= 4 is 34.2 Å². The third kappa shape index (κ3) is 2.93. The normalized spacial score (nSPS) is 19.1. The second-order valence-corrected chi connectivity index (χ2v) is 7.34. The van der Waals surface area contributed by atoms with Crippen LogP contribution in [0.5, 0.6) is 0 Å². The van der Waals surface area contributed by atoms with Crippen LogP contribution in [-0.4, -0.2) is 41.7 Å². The maximum Gasteiger partial charge on any atom is 0.349 e. The molecule has 0 aliphatic carbocycles. The van der Waals surface area contributed by atoms with E-state index in [1.807, 2.05) is 11.8 Å². The molecule has 17 heavy (non-hydrogen) atoms. The molecule has 0 saturated carbocycles. The van der Waals surface area contributed by atoms with Crippen molar-refractivity contribution in [2.24, 2.45) is 0 Å². The number of carbonyl (C=O) groups excluding carboxylic acids is 1. The van der Waals surface area contributed by atoms with Crippen LogP contribution < -0.4 is 4.90 Å². The summed E-state index contributed by atoms with van der Waals surface area (Å²) < 4.78 is 4.93. The number of aromatic nitrogens is 1. The highest BCUT2D eigenvalue weighted by molar-refractivity contribution is 8.00. The molecular formula is C11H16N2O2S2. The van der Waals surface area contributed by atoms with Gasteiger partial charge in [0.1, 0.15) is 4.88 Å². The van der Waals surface area contributed by atoms with E-state index in [4.69, 9.17) is 0 Å². The van der Waals surface area contributed by atoms with Crippen LogP contribution in [0.2, 0.25) is 0 Å². The highest BCUT2D eigenvalue weighted by Crippen LogP contribution is 2.33. The molecule has 2 heterocycles. The average molecular weight is 272 g/mol. The first-order chi connectivity index (χ1) is 8.02. The van der Waals surface area contributed by atoms with Gasteiger partial charge in [-0.1, -0.05) is 11.3 Å². The summed E-state index contributed by atoms with van der Waals surface area (Å²) in [6.45, 7) is 6.42. The lowest BCUT2D eigenvalue weighted by Gasteiger charge is -2.37. The molecule has 0 unspecified atom stereocenters. The van der Waals surface area contributed by atoms with Gasteiger partial charge in [-0.05, 0) is 13.8 Å². The van der Waals surface area contributed by atoms with E-state index in [0.29, 0.717) is 4.88 Å². The standard InChI is InChI=1S/C11H16N2O2S2/c1-11(2)7-13(4-5-16-11)10-12-6-8(17-10)9(14)15-3/h6H,4-5,7H2,1-3H3. The van der Waals surface area contributed by atoms with Gasteiger partial charge < -0.3 is 9.64 Å². The summed E-state index contributed by atoms with van der Waals surface area (Å²) in [5.41, 5.74) is 0. The number of ether oxygens (including phenoxy) is 1. The van der Waals surface area contributed by atoms with Gasteiger partial charge in [-0.15, -0.1) is 0 Å². The number of hydrogen-bond acceptors (Lipinski definition) is 6. The number of hydrogen-bond donors (Lipinski definition) is 0. The molecule has 1 aromatic rings. The number of esters is 1. The van der Waals surface area contributed by atoms with Gasteiger partial charge >= 0.3 is 5.97 Å². The van der Waals surface area contributed by atoms with E-state index in [1.54, 1.807) is 6.20 Å². The first kappa shape index (κ1) is 12.7. The summed E-state index contributed by atoms with van der Waals surface area (Å²) >= 11 is 3.38. The van der Waals surface area contributed by atoms with Gasteiger partial charge in [-0.2, -0.15) is 11.8 Å². The Kier molecular flexibility index (Phi) is 3.63. The zero-order chi connectivity index (χ0) is 12.5. The monoisotopic (exact) mass is 272 g/mol. The van der Waals surface area contributed by atoms with Gasteiger partial charge in [0, 0.05) is 23.6 Å². The molecule has 0 N–H and O–H groups in total. The van der Waals surface area contributed by atoms with Crippen molar-refractivity contribution in [3.8, 4) is 0 Å². The lowest BCUT2D eigenvalue weighted by Crippen LogP contribution is -2.43. The molecule has 0 bridgehead atoms. The number of anilines is 1. The topological polar surface area (TPSA) is 42.4 Å². The Hall–Kier alpha value is -0.750. The molecule has 1 aliphatic rings. The summed E-state index contributed by atoms with van der Waals surface area (Å²) in [4.78, 5) is 18.5. The quantitative estimate of drug-likeness (QED) is 0.773. The van der Waals surface area contributed by atoms with Crippen molar-refractivity contribution in [2.75, 3.05) is 30.9 Å². The fourth-order valence-corrected chi connectivity index (χ4v) is 3.76. The molecule has 1 aliphatic heterocycles. The molecule has 94 valence electrons. The van der Waals surface area contributed by atoms with Gasteiger partial charge in [0.25, 0.3) is 0 Å². The molecule has 0 aromatic carbocycles. The van der Waals surface area contributed by atoms with E-state index in [0.717, 1.165) is 24.0 Å². The molecule has 0 amide bonds. The summed E-state index contributed by atoms with van der Waals surface area (Å²) in [6, 6.07) is 0. The second-order valence-electron chi connectivity index (χ2n) is 4.53. The van der Waals surface area contributed by atoms with Gasteiger partial charge in [0.2, 0.25) is 0 Å². The number of methoxy groups -OCH3 is 1. The minimum absolute atomic E-state index is 0.245. The van der Waals surface area contributed by atoms with Crippen molar-refractivity contribution in [2.45, 2.75) is 18.6 Å². The van der Waals surface area contributed by atoms with E-state index in [-0.39, 0.29) is 10.7 Å². The van der Waals surface area contributed by atoms with Crippen LogP contribution in [0.4, 0.5) is 5.13 Å². The number of thioether (sulfide) groups is 1. The maximum atomic E-state index is 11.4. The molecule has 4 nitrogen and oxygen atoms in total. The van der Waals surface area contributed by atoms with E-state index in [1.165, 1.54) is 18.4 Å². The summed E-state index contributed by atoms with van der Waals surface area (Å²) in [6.07, 6.45) is 1.60. The zero-order valence-corrected chi connectivity index (χ0v) is 11.9. The predicted molar refractivity (Wildman–Crippen MR) is 72.2 cm³/mol. The van der Waals surface area contributed by atoms with Crippen LogP contribution in [0.1, 0.15) is 23.5 Å². The SMILES string of the molecule is COC(=O)c1cnc(N2CCSC(C)(C)C2)s1. The van der Waals surface area contributed by atoms with Crippen LogP contribution in [-0.2, 0) is 4.74 Å². The average Bonchev–Trinajstić information content (AvgIpc) is 2.76. The van der Waals surface area contributed by atoms with Crippen LogP contribution in [0.25, 0.3) is 0 Å². The minimum atomic E-state index is -0.306. The van der Waals surface area contributed by atoms with E-state index in [9.17, 15) is 4.79 Å². The van der Waals surface area contributed by atoms with Crippen molar-refractivity contribution in [3.05, 3.63) is 11.1 Å². The summed E-state index contributed by atoms with van der Waals surface area (Å²) in [5, 5.41) is 0.916. The Balaban J connectivity index is 2.12.